The maximum Gasteiger partial charge on any atom is 0.0791 e. The van der Waals surface area contributed by atoms with E-state index in [4.69, 9.17) is 4.74 Å². The van der Waals surface area contributed by atoms with E-state index in [0.29, 0.717) is 5.92 Å². The molecule has 2 nitrogen and oxygen atoms in total. The molecule has 0 saturated carbocycles. The Hall–Kier alpha value is -1.06. The lowest BCUT2D eigenvalue weighted by atomic mass is 10.1. The average Bonchev–Trinajstić information content (AvgIpc) is 2.46. The van der Waals surface area contributed by atoms with Gasteiger partial charge in [0.2, 0.25) is 0 Å². The summed E-state index contributed by atoms with van der Waals surface area (Å²) < 4.78 is 6.51. The molecule has 0 aromatic heterocycles. The number of nitrogens with zero attached hydrogens (tertiary/aromatic N) is 1. The van der Waals surface area contributed by atoms with E-state index < -0.39 is 0 Å². The van der Waals surface area contributed by atoms with Gasteiger partial charge in [-0.2, -0.15) is 0 Å². The minimum absolute atomic E-state index is 0.223. The van der Waals surface area contributed by atoms with Crippen LogP contribution >= 0.6 is 15.9 Å². The van der Waals surface area contributed by atoms with Crippen molar-refractivity contribution in [3.63, 3.8) is 0 Å². The number of methoxy groups -OCH3 is 1. The van der Waals surface area contributed by atoms with Crippen molar-refractivity contribution in [2.75, 3.05) is 13.7 Å². The van der Waals surface area contributed by atoms with Gasteiger partial charge < -0.3 is 9.64 Å². The first-order valence-corrected chi connectivity index (χ1v) is 8.28. The van der Waals surface area contributed by atoms with Crippen LogP contribution in [-0.4, -0.2) is 24.7 Å². The summed E-state index contributed by atoms with van der Waals surface area (Å²) in [4.78, 5) is 2.45. The lowest BCUT2D eigenvalue weighted by Crippen LogP contribution is -2.27. The predicted molar refractivity (Wildman–Crippen MR) is 92.0 cm³/mol. The van der Waals surface area contributed by atoms with E-state index in [1.54, 1.807) is 7.11 Å². The summed E-state index contributed by atoms with van der Waals surface area (Å²) in [5, 5.41) is 0. The molecule has 1 unspecified atom stereocenters. The summed E-state index contributed by atoms with van der Waals surface area (Å²) in [5.41, 5.74) is 2.63. The lowest BCUT2D eigenvalue weighted by Gasteiger charge is -2.30. The zero-order chi connectivity index (χ0) is 15.2. The maximum atomic E-state index is 5.38. The van der Waals surface area contributed by atoms with Crippen LogP contribution in [0.1, 0.15) is 25.8 Å². The third-order valence-corrected chi connectivity index (χ3v) is 4.05. The molecule has 1 aromatic carbocycles. The molecule has 0 heterocycles. The number of rotatable bonds is 6. The molecule has 0 bridgehead atoms. The van der Waals surface area contributed by atoms with Gasteiger partial charge in [-0.05, 0) is 36.1 Å². The molecule has 0 aliphatic heterocycles. The molecule has 0 fully saturated rings. The summed E-state index contributed by atoms with van der Waals surface area (Å²) in [5.74, 6) is 0.631. The van der Waals surface area contributed by atoms with Crippen LogP contribution in [-0.2, 0) is 11.3 Å². The highest BCUT2D eigenvalue weighted by Gasteiger charge is 2.14. The summed E-state index contributed by atoms with van der Waals surface area (Å²) in [6.07, 6.45) is 7.81. The molecule has 21 heavy (non-hydrogen) atoms. The van der Waals surface area contributed by atoms with Crippen LogP contribution in [0.4, 0.5) is 0 Å². The molecule has 0 saturated heterocycles. The molecule has 0 spiro atoms. The molecule has 3 heteroatoms. The Balaban J connectivity index is 2.12. The number of hydrogen-bond acceptors (Lipinski definition) is 2. The quantitative estimate of drug-likeness (QED) is 0.733. The fourth-order valence-electron chi connectivity index (χ4n) is 2.56. The third kappa shape index (κ3) is 5.01. The lowest BCUT2D eigenvalue weighted by molar-refractivity contribution is 0.141. The van der Waals surface area contributed by atoms with E-state index in [-0.39, 0.29) is 6.10 Å². The predicted octanol–water partition coefficient (Wildman–Crippen LogP) is 4.77. The van der Waals surface area contributed by atoms with Gasteiger partial charge in [-0.3, -0.25) is 0 Å². The van der Waals surface area contributed by atoms with Gasteiger partial charge in [-0.25, -0.2) is 0 Å². The van der Waals surface area contributed by atoms with Gasteiger partial charge in [0, 0.05) is 30.4 Å². The first-order valence-electron chi connectivity index (χ1n) is 7.49. The minimum atomic E-state index is 0.223. The third-order valence-electron chi connectivity index (χ3n) is 3.56. The fraction of sp³-hybridized carbons (Fsp3) is 0.444. The highest BCUT2D eigenvalue weighted by molar-refractivity contribution is 9.10. The Kier molecular flexibility index (Phi) is 6.07. The number of allylic oxidation sites excluding steroid dienone is 1. The number of benzene rings is 1. The molecule has 114 valence electrons. The van der Waals surface area contributed by atoms with Gasteiger partial charge >= 0.3 is 0 Å². The van der Waals surface area contributed by atoms with Crippen LogP contribution < -0.4 is 0 Å². The van der Waals surface area contributed by atoms with Crippen molar-refractivity contribution in [2.24, 2.45) is 5.92 Å². The Bertz CT molecular complexity index is 522. The van der Waals surface area contributed by atoms with Crippen LogP contribution in [0.25, 0.3) is 0 Å². The van der Waals surface area contributed by atoms with Gasteiger partial charge in [0.05, 0.1) is 6.10 Å². The Morgan fingerprint density at radius 2 is 2.19 bits per heavy atom. The average molecular weight is 350 g/mol. The smallest absolute Gasteiger partial charge is 0.0791 e. The van der Waals surface area contributed by atoms with Crippen molar-refractivity contribution in [1.82, 2.24) is 4.90 Å². The summed E-state index contributed by atoms with van der Waals surface area (Å²) in [6.45, 7) is 6.52. The zero-order valence-electron chi connectivity index (χ0n) is 13.1. The van der Waals surface area contributed by atoms with Crippen molar-refractivity contribution in [1.29, 1.82) is 0 Å². The second-order valence-electron chi connectivity index (χ2n) is 5.90. The van der Waals surface area contributed by atoms with Crippen molar-refractivity contribution < 1.29 is 4.74 Å². The zero-order valence-corrected chi connectivity index (χ0v) is 14.6. The molecule has 1 aromatic rings. The molecule has 2 rings (SSSR count). The van der Waals surface area contributed by atoms with Gasteiger partial charge in [0.15, 0.2) is 0 Å². The second-order valence-corrected chi connectivity index (χ2v) is 6.82. The van der Waals surface area contributed by atoms with Gasteiger partial charge in [0.25, 0.3) is 0 Å². The van der Waals surface area contributed by atoms with Gasteiger partial charge in [-0.15, -0.1) is 0 Å². The summed E-state index contributed by atoms with van der Waals surface area (Å²) in [6, 6.07) is 8.54. The van der Waals surface area contributed by atoms with Crippen molar-refractivity contribution in [3.05, 3.63) is 58.2 Å². The Labute approximate surface area is 136 Å². The molecule has 1 aliphatic rings. The van der Waals surface area contributed by atoms with E-state index in [0.717, 1.165) is 24.0 Å². The van der Waals surface area contributed by atoms with Crippen LogP contribution in [0, 0.1) is 5.92 Å². The van der Waals surface area contributed by atoms with Crippen molar-refractivity contribution >= 4 is 15.9 Å². The molecule has 1 atom stereocenters. The summed E-state index contributed by atoms with van der Waals surface area (Å²) in [7, 11) is 1.77. The molecule has 0 amide bonds. The normalized spacial score (nSPS) is 18.0. The molecular formula is C18H24BrNO. The minimum Gasteiger partial charge on any atom is -0.377 e. The second kappa shape index (κ2) is 7.81. The van der Waals surface area contributed by atoms with Gasteiger partial charge in [0.1, 0.15) is 0 Å². The number of hydrogen-bond donors (Lipinski definition) is 0. The number of ether oxygens (including phenoxy) is 1. The topological polar surface area (TPSA) is 12.5 Å². The molecule has 0 radical (unpaired) electrons. The van der Waals surface area contributed by atoms with Crippen LogP contribution in [0.15, 0.2) is 52.7 Å². The highest BCUT2D eigenvalue weighted by atomic mass is 79.9. The van der Waals surface area contributed by atoms with Crippen LogP contribution in [0.2, 0.25) is 0 Å². The molecule has 1 aliphatic carbocycles. The summed E-state index contributed by atoms with van der Waals surface area (Å²) >= 11 is 3.55. The molecular weight excluding hydrogens is 326 g/mol. The Morgan fingerprint density at radius 3 is 2.76 bits per heavy atom. The SMILES string of the molecule is COC1C=CC(N(Cc2cccc(Br)c2)CC(C)C)=CC1. The standard InChI is InChI=1S/C18H24BrNO/c1-14(2)12-20(13-15-5-4-6-16(19)11-15)17-7-9-18(21-3)10-8-17/h4-9,11,14,18H,10,12-13H2,1-3H3. The van der Waals surface area contributed by atoms with E-state index in [1.165, 1.54) is 11.3 Å². The first kappa shape index (κ1) is 16.3. The maximum absolute atomic E-state index is 5.38. The Morgan fingerprint density at radius 1 is 1.38 bits per heavy atom. The van der Waals surface area contributed by atoms with E-state index in [9.17, 15) is 0 Å². The monoisotopic (exact) mass is 349 g/mol. The van der Waals surface area contributed by atoms with Crippen LogP contribution in [0.5, 0.6) is 0 Å². The van der Waals surface area contributed by atoms with Gasteiger partial charge in [-0.1, -0.05) is 54.1 Å². The van der Waals surface area contributed by atoms with E-state index in [2.05, 4.69) is 77.2 Å². The van der Waals surface area contributed by atoms with Crippen molar-refractivity contribution in [2.45, 2.75) is 32.9 Å². The largest absolute Gasteiger partial charge is 0.377 e. The fourth-order valence-corrected chi connectivity index (χ4v) is 3.00. The molecule has 0 N–H and O–H groups in total. The van der Waals surface area contributed by atoms with Crippen LogP contribution in [0.3, 0.4) is 0 Å². The van der Waals surface area contributed by atoms with Crippen molar-refractivity contribution in [3.8, 4) is 0 Å². The highest BCUT2D eigenvalue weighted by Crippen LogP contribution is 2.21. The first-order chi connectivity index (χ1) is 10.1. The van der Waals surface area contributed by atoms with E-state index in [1.807, 2.05) is 0 Å². The van der Waals surface area contributed by atoms with E-state index >= 15 is 0 Å². The number of halogens is 1.